The van der Waals surface area contributed by atoms with Crippen molar-refractivity contribution in [1.29, 1.82) is 0 Å². The van der Waals surface area contributed by atoms with Crippen LogP contribution in [0.2, 0.25) is 0 Å². The quantitative estimate of drug-likeness (QED) is 0.832. The van der Waals surface area contributed by atoms with E-state index in [1.165, 1.54) is 0 Å². The molecule has 4 nitrogen and oxygen atoms in total. The molecule has 0 fully saturated rings. The van der Waals surface area contributed by atoms with E-state index in [-0.39, 0.29) is 12.5 Å². The number of benzene rings is 1. The molecule has 0 radical (unpaired) electrons. The van der Waals surface area contributed by atoms with Crippen molar-refractivity contribution in [3.63, 3.8) is 0 Å². The van der Waals surface area contributed by atoms with E-state index in [0.29, 0.717) is 18.5 Å². The van der Waals surface area contributed by atoms with Gasteiger partial charge in [0.15, 0.2) is 0 Å². The van der Waals surface area contributed by atoms with Crippen molar-refractivity contribution in [2.24, 2.45) is 0 Å². The third-order valence-corrected chi connectivity index (χ3v) is 3.17. The number of carbonyl (C=O) groups excluding carboxylic acids is 1. The molecule has 0 aromatic heterocycles. The fraction of sp³-hybridized carbons (Fsp3) is 0.471. The number of hydrogen-bond donors (Lipinski definition) is 1. The summed E-state index contributed by atoms with van der Waals surface area (Å²) in [6.45, 7) is 3.50. The lowest BCUT2D eigenvalue weighted by atomic mass is 10.0. The molecule has 0 saturated heterocycles. The first kappa shape index (κ1) is 17.2. The number of likely N-dealkylation sites (N-methyl/N-ethyl adjacent to an activating group) is 2. The molecule has 1 N–H and O–H groups in total. The van der Waals surface area contributed by atoms with Crippen molar-refractivity contribution in [2.45, 2.75) is 13.3 Å². The standard InChI is InChI=1S/C17H24N2O2/c1-14-8-9-15(7-5-6-12-20)13-16(14)17(21)19(4)11-10-18(2)3/h8-9,13,20H,6,10-12H2,1-4H3. The molecule has 21 heavy (non-hydrogen) atoms. The van der Waals surface area contributed by atoms with E-state index in [2.05, 4.69) is 11.8 Å². The minimum Gasteiger partial charge on any atom is -0.395 e. The van der Waals surface area contributed by atoms with Crippen molar-refractivity contribution in [1.82, 2.24) is 9.80 Å². The molecule has 0 heterocycles. The van der Waals surface area contributed by atoms with Gasteiger partial charge < -0.3 is 14.9 Å². The van der Waals surface area contributed by atoms with Crippen LogP contribution >= 0.6 is 0 Å². The number of aliphatic hydroxyl groups excluding tert-OH is 1. The van der Waals surface area contributed by atoms with E-state index in [1.54, 1.807) is 4.90 Å². The maximum Gasteiger partial charge on any atom is 0.253 e. The Kier molecular flexibility index (Phi) is 6.93. The van der Waals surface area contributed by atoms with Gasteiger partial charge in [-0.15, -0.1) is 0 Å². The Labute approximate surface area is 127 Å². The summed E-state index contributed by atoms with van der Waals surface area (Å²) in [7, 11) is 5.79. The average Bonchev–Trinajstić information content (AvgIpc) is 2.46. The zero-order valence-electron chi connectivity index (χ0n) is 13.3. The van der Waals surface area contributed by atoms with Gasteiger partial charge in [-0.05, 0) is 38.7 Å². The fourth-order valence-corrected chi connectivity index (χ4v) is 1.81. The van der Waals surface area contributed by atoms with E-state index < -0.39 is 0 Å². The predicted octanol–water partition coefficient (Wildman–Crippen LogP) is 1.36. The van der Waals surface area contributed by atoms with Crippen LogP contribution in [0.15, 0.2) is 18.2 Å². The molecule has 0 atom stereocenters. The summed E-state index contributed by atoms with van der Waals surface area (Å²) in [5.74, 6) is 5.86. The molecule has 0 aliphatic rings. The molecule has 4 heteroatoms. The molecular weight excluding hydrogens is 264 g/mol. The first-order chi connectivity index (χ1) is 9.95. The zero-order valence-corrected chi connectivity index (χ0v) is 13.3. The highest BCUT2D eigenvalue weighted by Gasteiger charge is 2.14. The molecule has 1 aromatic rings. The van der Waals surface area contributed by atoms with E-state index in [1.807, 2.05) is 51.2 Å². The smallest absolute Gasteiger partial charge is 0.253 e. The second kappa shape index (κ2) is 8.46. The highest BCUT2D eigenvalue weighted by molar-refractivity contribution is 5.95. The molecule has 0 aliphatic carbocycles. The second-order valence-electron chi connectivity index (χ2n) is 5.34. The largest absolute Gasteiger partial charge is 0.395 e. The molecule has 0 spiro atoms. The maximum absolute atomic E-state index is 12.5. The highest BCUT2D eigenvalue weighted by atomic mass is 16.2. The Morgan fingerprint density at radius 2 is 1.95 bits per heavy atom. The molecule has 1 rings (SSSR count). The van der Waals surface area contributed by atoms with E-state index in [9.17, 15) is 4.79 Å². The number of nitrogens with zero attached hydrogens (tertiary/aromatic N) is 2. The average molecular weight is 288 g/mol. The summed E-state index contributed by atoms with van der Waals surface area (Å²) in [4.78, 5) is 16.3. The minimum absolute atomic E-state index is 0.0140. The number of aliphatic hydroxyl groups is 1. The van der Waals surface area contributed by atoms with Crippen LogP contribution in [0.3, 0.4) is 0 Å². The molecule has 1 aromatic carbocycles. The summed E-state index contributed by atoms with van der Waals surface area (Å²) in [5.41, 5.74) is 2.44. The lowest BCUT2D eigenvalue weighted by Gasteiger charge is -2.20. The summed E-state index contributed by atoms with van der Waals surface area (Å²) in [6, 6.07) is 5.64. The molecule has 0 bridgehead atoms. The van der Waals surface area contributed by atoms with Gasteiger partial charge in [0.1, 0.15) is 0 Å². The minimum atomic E-state index is 0.0140. The van der Waals surface area contributed by atoms with Crippen molar-refractivity contribution in [3.05, 3.63) is 34.9 Å². The van der Waals surface area contributed by atoms with Crippen LogP contribution in [0, 0.1) is 18.8 Å². The Morgan fingerprint density at radius 1 is 1.24 bits per heavy atom. The van der Waals surface area contributed by atoms with Crippen LogP contribution in [0.25, 0.3) is 0 Å². The van der Waals surface area contributed by atoms with E-state index >= 15 is 0 Å². The van der Waals surface area contributed by atoms with Crippen molar-refractivity contribution in [2.75, 3.05) is 40.8 Å². The highest BCUT2D eigenvalue weighted by Crippen LogP contribution is 2.13. The van der Waals surface area contributed by atoms with Gasteiger partial charge in [0.2, 0.25) is 0 Å². The Bertz CT molecular complexity index is 541. The fourth-order valence-electron chi connectivity index (χ4n) is 1.81. The summed E-state index contributed by atoms with van der Waals surface area (Å²) in [5, 5.41) is 8.74. The lowest BCUT2D eigenvalue weighted by Crippen LogP contribution is -2.33. The van der Waals surface area contributed by atoms with Gasteiger partial charge in [-0.3, -0.25) is 4.79 Å². The van der Waals surface area contributed by atoms with Crippen molar-refractivity contribution < 1.29 is 9.90 Å². The predicted molar refractivity (Wildman–Crippen MR) is 85.3 cm³/mol. The molecule has 1 amide bonds. The van der Waals surface area contributed by atoms with Crippen LogP contribution in [0.1, 0.15) is 27.9 Å². The van der Waals surface area contributed by atoms with Crippen molar-refractivity contribution in [3.8, 4) is 11.8 Å². The van der Waals surface area contributed by atoms with Crippen LogP contribution in [0.5, 0.6) is 0 Å². The van der Waals surface area contributed by atoms with Gasteiger partial charge in [0.05, 0.1) is 6.61 Å². The molecule has 0 saturated carbocycles. The van der Waals surface area contributed by atoms with Gasteiger partial charge in [-0.1, -0.05) is 17.9 Å². The van der Waals surface area contributed by atoms with Crippen LogP contribution in [-0.2, 0) is 0 Å². The SMILES string of the molecule is Cc1ccc(C#CCCO)cc1C(=O)N(C)CCN(C)C. The topological polar surface area (TPSA) is 43.8 Å². The van der Waals surface area contributed by atoms with Gasteiger partial charge in [-0.25, -0.2) is 0 Å². The first-order valence-corrected chi connectivity index (χ1v) is 7.06. The molecule has 0 aliphatic heterocycles. The molecule has 114 valence electrons. The van der Waals surface area contributed by atoms with E-state index in [0.717, 1.165) is 17.7 Å². The third-order valence-electron chi connectivity index (χ3n) is 3.17. The summed E-state index contributed by atoms with van der Waals surface area (Å²) in [6.07, 6.45) is 0.444. The normalized spacial score (nSPS) is 10.2. The van der Waals surface area contributed by atoms with Crippen LogP contribution < -0.4 is 0 Å². The van der Waals surface area contributed by atoms with E-state index in [4.69, 9.17) is 5.11 Å². The Balaban J connectivity index is 2.88. The second-order valence-corrected chi connectivity index (χ2v) is 5.34. The zero-order chi connectivity index (χ0) is 15.8. The van der Waals surface area contributed by atoms with Crippen LogP contribution in [0.4, 0.5) is 0 Å². The first-order valence-electron chi connectivity index (χ1n) is 7.06. The monoisotopic (exact) mass is 288 g/mol. The lowest BCUT2D eigenvalue weighted by molar-refractivity contribution is 0.0785. The number of amides is 1. The maximum atomic E-state index is 12.5. The number of hydrogen-bond acceptors (Lipinski definition) is 3. The Morgan fingerprint density at radius 3 is 2.57 bits per heavy atom. The summed E-state index contributed by atoms with van der Waals surface area (Å²) < 4.78 is 0. The number of rotatable bonds is 5. The van der Waals surface area contributed by atoms with Gasteiger partial charge in [0.25, 0.3) is 5.91 Å². The van der Waals surface area contributed by atoms with Gasteiger partial charge >= 0.3 is 0 Å². The van der Waals surface area contributed by atoms with Crippen molar-refractivity contribution >= 4 is 5.91 Å². The third kappa shape index (κ3) is 5.58. The number of aryl methyl sites for hydroxylation is 1. The Hall–Kier alpha value is -1.83. The van der Waals surface area contributed by atoms with Gasteiger partial charge in [0, 0.05) is 37.7 Å². The molecular formula is C17H24N2O2. The van der Waals surface area contributed by atoms with Crippen LogP contribution in [-0.4, -0.2) is 61.7 Å². The molecule has 0 unspecified atom stereocenters. The summed E-state index contributed by atoms with van der Waals surface area (Å²) >= 11 is 0. The number of carbonyl (C=O) groups is 1. The van der Waals surface area contributed by atoms with Gasteiger partial charge in [-0.2, -0.15) is 0 Å².